The fraction of sp³-hybridized carbons (Fsp3) is 1.00. The summed E-state index contributed by atoms with van der Waals surface area (Å²) in [5.41, 5.74) is 2.62. The van der Waals surface area contributed by atoms with Crippen LogP contribution in [-0.4, -0.2) is 38.6 Å². The Balaban J connectivity index is 2.31. The lowest BCUT2D eigenvalue weighted by atomic mass is 9.95. The van der Waals surface area contributed by atoms with Crippen LogP contribution in [0.5, 0.6) is 0 Å². The summed E-state index contributed by atoms with van der Waals surface area (Å²) in [6, 6.07) is 0. The van der Waals surface area contributed by atoms with E-state index in [1.165, 1.54) is 6.26 Å². The summed E-state index contributed by atoms with van der Waals surface area (Å²) in [6.07, 6.45) is 4.21. The van der Waals surface area contributed by atoms with Crippen LogP contribution in [0.3, 0.4) is 0 Å². The third-order valence-electron chi connectivity index (χ3n) is 2.74. The van der Waals surface area contributed by atoms with Crippen molar-refractivity contribution in [2.75, 3.05) is 25.9 Å². The van der Waals surface area contributed by atoms with Crippen LogP contribution in [0.25, 0.3) is 0 Å². The van der Waals surface area contributed by atoms with Crippen molar-refractivity contribution in [2.45, 2.75) is 19.3 Å². The minimum Gasteiger partial charge on any atom is -0.271 e. The van der Waals surface area contributed by atoms with E-state index in [4.69, 9.17) is 5.84 Å². The molecule has 1 aliphatic heterocycles. The molecule has 1 aliphatic rings. The average Bonchev–Trinajstić information content (AvgIpc) is 2.14. The molecule has 0 unspecified atom stereocenters. The first-order valence-corrected chi connectivity index (χ1v) is 6.77. The number of hydrazine groups is 1. The second-order valence-electron chi connectivity index (χ2n) is 3.85. The van der Waals surface area contributed by atoms with Gasteiger partial charge in [-0.3, -0.25) is 11.3 Å². The highest BCUT2D eigenvalue weighted by Crippen LogP contribution is 2.21. The minimum absolute atomic E-state index is 0.615. The number of sulfonamides is 1. The van der Waals surface area contributed by atoms with Gasteiger partial charge in [-0.15, -0.1) is 0 Å². The van der Waals surface area contributed by atoms with E-state index in [2.05, 4.69) is 5.43 Å². The molecule has 1 fully saturated rings. The summed E-state index contributed by atoms with van der Waals surface area (Å²) in [7, 11) is -2.98. The molecule has 14 heavy (non-hydrogen) atoms. The summed E-state index contributed by atoms with van der Waals surface area (Å²) in [4.78, 5) is 0. The summed E-state index contributed by atoms with van der Waals surface area (Å²) in [5, 5.41) is 0. The lowest BCUT2D eigenvalue weighted by molar-refractivity contribution is 0.263. The molecule has 0 amide bonds. The lowest BCUT2D eigenvalue weighted by Crippen LogP contribution is -2.38. The van der Waals surface area contributed by atoms with Gasteiger partial charge in [0.15, 0.2) is 0 Å². The Morgan fingerprint density at radius 3 is 2.43 bits per heavy atom. The molecule has 0 aromatic rings. The van der Waals surface area contributed by atoms with Crippen molar-refractivity contribution in [2.24, 2.45) is 11.8 Å². The highest BCUT2D eigenvalue weighted by molar-refractivity contribution is 7.88. The molecular weight excluding hydrogens is 202 g/mol. The van der Waals surface area contributed by atoms with Crippen molar-refractivity contribution in [3.05, 3.63) is 0 Å². The van der Waals surface area contributed by atoms with Crippen LogP contribution in [-0.2, 0) is 10.0 Å². The standard InChI is InChI=1S/C8H19N3O2S/c1-14(12,13)11-6-3-8(4-7-11)2-5-10-9/h8,10H,2-7,9H2,1H3. The van der Waals surface area contributed by atoms with E-state index in [1.807, 2.05) is 0 Å². The zero-order valence-electron chi connectivity index (χ0n) is 8.57. The molecule has 0 radical (unpaired) electrons. The predicted molar refractivity (Wildman–Crippen MR) is 55.9 cm³/mol. The van der Waals surface area contributed by atoms with Gasteiger partial charge < -0.3 is 0 Å². The first-order chi connectivity index (χ1) is 6.54. The summed E-state index contributed by atoms with van der Waals surface area (Å²) in [5.74, 6) is 5.80. The number of nitrogens with one attached hydrogen (secondary N) is 1. The van der Waals surface area contributed by atoms with E-state index < -0.39 is 10.0 Å². The Morgan fingerprint density at radius 1 is 1.43 bits per heavy atom. The van der Waals surface area contributed by atoms with Gasteiger partial charge in [0.25, 0.3) is 0 Å². The molecule has 6 heteroatoms. The van der Waals surface area contributed by atoms with Gasteiger partial charge in [0.2, 0.25) is 10.0 Å². The largest absolute Gasteiger partial charge is 0.271 e. The molecule has 0 aromatic carbocycles. The van der Waals surface area contributed by atoms with Gasteiger partial charge in [0, 0.05) is 19.6 Å². The normalized spacial score (nSPS) is 21.3. The Hall–Kier alpha value is -0.170. The molecule has 84 valence electrons. The SMILES string of the molecule is CS(=O)(=O)N1CCC(CCNN)CC1. The van der Waals surface area contributed by atoms with Gasteiger partial charge in [-0.1, -0.05) is 0 Å². The van der Waals surface area contributed by atoms with Crippen molar-refractivity contribution in [3.63, 3.8) is 0 Å². The quantitative estimate of drug-likeness (QED) is 0.496. The van der Waals surface area contributed by atoms with Gasteiger partial charge in [0.1, 0.15) is 0 Å². The fourth-order valence-electron chi connectivity index (χ4n) is 1.82. The predicted octanol–water partition coefficient (Wildman–Crippen LogP) is -0.489. The Morgan fingerprint density at radius 2 is 2.00 bits per heavy atom. The van der Waals surface area contributed by atoms with Crippen molar-refractivity contribution in [3.8, 4) is 0 Å². The Labute approximate surface area is 85.7 Å². The Bertz CT molecular complexity index is 258. The van der Waals surface area contributed by atoms with Crippen molar-refractivity contribution < 1.29 is 8.42 Å². The molecule has 3 N–H and O–H groups in total. The molecule has 0 saturated carbocycles. The summed E-state index contributed by atoms with van der Waals surface area (Å²) < 4.78 is 24.0. The van der Waals surface area contributed by atoms with Gasteiger partial charge in [-0.05, 0) is 25.2 Å². The molecule has 0 bridgehead atoms. The highest BCUT2D eigenvalue weighted by Gasteiger charge is 2.24. The van der Waals surface area contributed by atoms with E-state index in [1.54, 1.807) is 4.31 Å². The maximum atomic E-state index is 11.2. The zero-order valence-corrected chi connectivity index (χ0v) is 9.39. The van der Waals surface area contributed by atoms with Crippen LogP contribution >= 0.6 is 0 Å². The van der Waals surface area contributed by atoms with Crippen LogP contribution in [0.15, 0.2) is 0 Å². The number of nitrogens with zero attached hydrogens (tertiary/aromatic N) is 1. The van der Waals surface area contributed by atoms with Crippen LogP contribution in [0.1, 0.15) is 19.3 Å². The molecule has 0 aliphatic carbocycles. The van der Waals surface area contributed by atoms with Crippen molar-refractivity contribution in [1.82, 2.24) is 9.73 Å². The molecule has 1 saturated heterocycles. The number of hydrogen-bond donors (Lipinski definition) is 2. The third kappa shape index (κ3) is 3.53. The average molecular weight is 221 g/mol. The van der Waals surface area contributed by atoms with E-state index in [-0.39, 0.29) is 0 Å². The van der Waals surface area contributed by atoms with Crippen LogP contribution in [0, 0.1) is 5.92 Å². The molecule has 0 spiro atoms. The molecule has 0 aromatic heterocycles. The number of nitrogens with two attached hydrogens (primary N) is 1. The Kier molecular flexibility index (Phi) is 4.31. The molecular formula is C8H19N3O2S. The van der Waals surface area contributed by atoms with E-state index >= 15 is 0 Å². The van der Waals surface area contributed by atoms with Crippen molar-refractivity contribution in [1.29, 1.82) is 0 Å². The minimum atomic E-state index is -2.98. The zero-order chi connectivity index (χ0) is 10.6. The topological polar surface area (TPSA) is 75.4 Å². The van der Waals surface area contributed by atoms with Crippen molar-refractivity contribution >= 4 is 10.0 Å². The summed E-state index contributed by atoms with van der Waals surface area (Å²) in [6.45, 7) is 2.13. The second-order valence-corrected chi connectivity index (χ2v) is 5.83. The maximum Gasteiger partial charge on any atom is 0.211 e. The number of rotatable bonds is 4. The van der Waals surface area contributed by atoms with Gasteiger partial charge in [0.05, 0.1) is 6.26 Å². The first kappa shape index (κ1) is 11.9. The maximum absolute atomic E-state index is 11.2. The van der Waals surface area contributed by atoms with Gasteiger partial charge in [-0.2, -0.15) is 0 Å². The van der Waals surface area contributed by atoms with Crippen LogP contribution < -0.4 is 11.3 Å². The number of hydrogen-bond acceptors (Lipinski definition) is 4. The lowest BCUT2D eigenvalue weighted by Gasteiger charge is -2.30. The molecule has 5 nitrogen and oxygen atoms in total. The van der Waals surface area contributed by atoms with E-state index in [9.17, 15) is 8.42 Å². The van der Waals surface area contributed by atoms with Crippen LogP contribution in [0.4, 0.5) is 0 Å². The monoisotopic (exact) mass is 221 g/mol. The molecule has 1 rings (SSSR count). The highest BCUT2D eigenvalue weighted by atomic mass is 32.2. The smallest absolute Gasteiger partial charge is 0.211 e. The second kappa shape index (κ2) is 5.06. The van der Waals surface area contributed by atoms with E-state index in [0.717, 1.165) is 25.8 Å². The molecule has 0 atom stereocenters. The first-order valence-electron chi connectivity index (χ1n) is 4.92. The van der Waals surface area contributed by atoms with Gasteiger partial charge >= 0.3 is 0 Å². The molecule has 1 heterocycles. The number of piperidine rings is 1. The van der Waals surface area contributed by atoms with E-state index in [0.29, 0.717) is 19.0 Å². The van der Waals surface area contributed by atoms with Gasteiger partial charge in [-0.25, -0.2) is 12.7 Å². The fourth-order valence-corrected chi connectivity index (χ4v) is 2.69. The third-order valence-corrected chi connectivity index (χ3v) is 4.04. The summed E-state index contributed by atoms with van der Waals surface area (Å²) >= 11 is 0. The van der Waals surface area contributed by atoms with Crippen LogP contribution in [0.2, 0.25) is 0 Å².